The third kappa shape index (κ3) is 4.20. The van der Waals surface area contributed by atoms with Gasteiger partial charge >= 0.3 is 5.76 Å². The molecule has 0 aliphatic carbocycles. The summed E-state index contributed by atoms with van der Waals surface area (Å²) < 4.78 is 6.80. The van der Waals surface area contributed by atoms with Crippen LogP contribution in [0.25, 0.3) is 11.1 Å². The molecule has 1 unspecified atom stereocenters. The van der Waals surface area contributed by atoms with Crippen LogP contribution in [0.5, 0.6) is 0 Å². The maximum absolute atomic E-state index is 12.0. The zero-order chi connectivity index (χ0) is 17.0. The fourth-order valence-electron chi connectivity index (χ4n) is 2.33. The van der Waals surface area contributed by atoms with Crippen LogP contribution in [0.15, 0.2) is 27.4 Å². The van der Waals surface area contributed by atoms with Gasteiger partial charge in [0.15, 0.2) is 5.58 Å². The molecular weight excluding hydrogens is 296 g/mol. The molecule has 2 rings (SSSR count). The van der Waals surface area contributed by atoms with Gasteiger partial charge in [-0.05, 0) is 38.7 Å². The molecule has 1 aromatic carbocycles. The summed E-state index contributed by atoms with van der Waals surface area (Å²) in [5.74, 6) is -0.620. The van der Waals surface area contributed by atoms with Crippen molar-refractivity contribution >= 4 is 22.7 Å². The molecule has 1 aromatic heterocycles. The standard InChI is InChI=1S/C16H24N4O3/c1-4-5-12(17)15(21)18-11-6-7-14-13(10-11)20(16(22)23-14)9-8-19(2)3/h6-7,10,12H,4-5,8-9,17H2,1-3H3,(H,18,21). The molecule has 0 saturated carbocycles. The van der Waals surface area contributed by atoms with Crippen LogP contribution in [0, 0.1) is 0 Å². The van der Waals surface area contributed by atoms with E-state index in [2.05, 4.69) is 5.32 Å². The number of aromatic nitrogens is 1. The largest absolute Gasteiger partial charge is 0.419 e. The molecule has 0 spiro atoms. The molecule has 7 nitrogen and oxygen atoms in total. The number of nitrogens with two attached hydrogens (primary N) is 1. The number of nitrogens with one attached hydrogen (secondary N) is 1. The number of hydrogen-bond donors (Lipinski definition) is 2. The third-order valence-electron chi connectivity index (χ3n) is 3.64. The van der Waals surface area contributed by atoms with E-state index in [4.69, 9.17) is 10.2 Å². The smallest absolute Gasteiger partial charge is 0.408 e. The lowest BCUT2D eigenvalue weighted by molar-refractivity contribution is -0.117. The normalized spacial score (nSPS) is 12.7. The summed E-state index contributed by atoms with van der Waals surface area (Å²) in [5.41, 5.74) is 7.59. The lowest BCUT2D eigenvalue weighted by Crippen LogP contribution is -2.35. The molecule has 1 atom stereocenters. The number of carbonyl (C=O) groups is 1. The Morgan fingerprint density at radius 2 is 2.17 bits per heavy atom. The average molecular weight is 320 g/mol. The summed E-state index contributed by atoms with van der Waals surface area (Å²) in [5, 5.41) is 2.79. The zero-order valence-electron chi connectivity index (χ0n) is 13.8. The molecule has 0 fully saturated rings. The number of benzene rings is 1. The van der Waals surface area contributed by atoms with Crippen molar-refractivity contribution in [3.05, 3.63) is 28.7 Å². The quantitative estimate of drug-likeness (QED) is 0.800. The van der Waals surface area contributed by atoms with Crippen molar-refractivity contribution in [2.45, 2.75) is 32.4 Å². The van der Waals surface area contributed by atoms with Crippen LogP contribution in [0.4, 0.5) is 5.69 Å². The fraction of sp³-hybridized carbons (Fsp3) is 0.500. The van der Waals surface area contributed by atoms with Gasteiger partial charge in [0.1, 0.15) is 0 Å². The van der Waals surface area contributed by atoms with Crippen LogP contribution in [-0.2, 0) is 11.3 Å². The highest BCUT2D eigenvalue weighted by Gasteiger charge is 2.14. The Kier molecular flexibility index (Phi) is 5.57. The van der Waals surface area contributed by atoms with E-state index in [0.29, 0.717) is 36.3 Å². The van der Waals surface area contributed by atoms with Gasteiger partial charge in [-0.15, -0.1) is 0 Å². The molecule has 3 N–H and O–H groups in total. The van der Waals surface area contributed by atoms with Crippen LogP contribution in [0.2, 0.25) is 0 Å². The first-order valence-electron chi connectivity index (χ1n) is 7.77. The molecule has 2 aromatic rings. The van der Waals surface area contributed by atoms with E-state index in [-0.39, 0.29) is 5.91 Å². The number of carbonyl (C=O) groups excluding carboxylic acids is 1. The lowest BCUT2D eigenvalue weighted by Gasteiger charge is -2.12. The highest BCUT2D eigenvalue weighted by Crippen LogP contribution is 2.19. The predicted molar refractivity (Wildman–Crippen MR) is 90.5 cm³/mol. The van der Waals surface area contributed by atoms with Crippen LogP contribution in [0.1, 0.15) is 19.8 Å². The van der Waals surface area contributed by atoms with Crippen LogP contribution in [0.3, 0.4) is 0 Å². The number of amides is 1. The average Bonchev–Trinajstić information content (AvgIpc) is 2.80. The molecular formula is C16H24N4O3. The Bertz CT molecular complexity index is 732. The van der Waals surface area contributed by atoms with Gasteiger partial charge in [0.25, 0.3) is 0 Å². The second-order valence-electron chi connectivity index (χ2n) is 5.89. The monoisotopic (exact) mass is 320 g/mol. The van der Waals surface area contributed by atoms with Gasteiger partial charge in [-0.2, -0.15) is 0 Å². The number of anilines is 1. The summed E-state index contributed by atoms with van der Waals surface area (Å²) >= 11 is 0. The van der Waals surface area contributed by atoms with Crippen LogP contribution < -0.4 is 16.8 Å². The SMILES string of the molecule is CCCC(N)C(=O)Nc1ccc2oc(=O)n(CCN(C)C)c2c1. The Morgan fingerprint density at radius 3 is 2.83 bits per heavy atom. The molecule has 23 heavy (non-hydrogen) atoms. The fourth-order valence-corrected chi connectivity index (χ4v) is 2.33. The number of hydrogen-bond acceptors (Lipinski definition) is 5. The molecule has 0 radical (unpaired) electrons. The Morgan fingerprint density at radius 1 is 1.43 bits per heavy atom. The first-order valence-corrected chi connectivity index (χ1v) is 7.77. The van der Waals surface area contributed by atoms with Crippen molar-refractivity contribution < 1.29 is 9.21 Å². The lowest BCUT2D eigenvalue weighted by atomic mass is 10.1. The second kappa shape index (κ2) is 7.43. The molecule has 7 heteroatoms. The number of nitrogens with zero attached hydrogens (tertiary/aromatic N) is 2. The van der Waals surface area contributed by atoms with Gasteiger partial charge in [-0.1, -0.05) is 13.3 Å². The van der Waals surface area contributed by atoms with Gasteiger partial charge in [0.2, 0.25) is 5.91 Å². The minimum Gasteiger partial charge on any atom is -0.408 e. The van der Waals surface area contributed by atoms with E-state index in [1.54, 1.807) is 22.8 Å². The van der Waals surface area contributed by atoms with Crippen molar-refractivity contribution in [3.8, 4) is 0 Å². The van der Waals surface area contributed by atoms with Crippen LogP contribution in [-0.4, -0.2) is 42.1 Å². The second-order valence-corrected chi connectivity index (χ2v) is 5.89. The maximum atomic E-state index is 12.0. The highest BCUT2D eigenvalue weighted by molar-refractivity contribution is 5.96. The Balaban J connectivity index is 2.25. The van der Waals surface area contributed by atoms with Gasteiger partial charge in [0.05, 0.1) is 11.6 Å². The summed E-state index contributed by atoms with van der Waals surface area (Å²) in [4.78, 5) is 25.9. The maximum Gasteiger partial charge on any atom is 0.419 e. The topological polar surface area (TPSA) is 93.5 Å². The minimum absolute atomic E-state index is 0.225. The Hall–Kier alpha value is -2.12. The number of fused-ring (bicyclic) bond motifs is 1. The molecule has 0 aliphatic rings. The van der Waals surface area contributed by atoms with Crippen molar-refractivity contribution in [1.82, 2.24) is 9.47 Å². The molecule has 126 valence electrons. The molecule has 1 heterocycles. The van der Waals surface area contributed by atoms with E-state index in [9.17, 15) is 9.59 Å². The predicted octanol–water partition coefficient (Wildman–Crippen LogP) is 1.22. The third-order valence-corrected chi connectivity index (χ3v) is 3.64. The zero-order valence-corrected chi connectivity index (χ0v) is 13.8. The number of likely N-dealkylation sites (N-methyl/N-ethyl adjacent to an activating group) is 1. The highest BCUT2D eigenvalue weighted by atomic mass is 16.4. The van der Waals surface area contributed by atoms with Crippen molar-refractivity contribution in [2.24, 2.45) is 5.73 Å². The van der Waals surface area contributed by atoms with Gasteiger partial charge in [0, 0.05) is 18.8 Å². The van der Waals surface area contributed by atoms with Gasteiger partial charge in [-0.25, -0.2) is 4.79 Å². The first-order chi connectivity index (χ1) is 10.9. The summed E-state index contributed by atoms with van der Waals surface area (Å²) in [7, 11) is 3.88. The molecule has 0 aliphatic heterocycles. The van der Waals surface area contributed by atoms with Crippen LogP contribution >= 0.6 is 0 Å². The molecule has 1 amide bonds. The minimum atomic E-state index is -0.531. The first kappa shape index (κ1) is 17.2. The number of oxazole rings is 1. The summed E-state index contributed by atoms with van der Waals surface area (Å²) in [6.45, 7) is 3.21. The Labute approximate surface area is 135 Å². The molecule has 0 bridgehead atoms. The summed E-state index contributed by atoms with van der Waals surface area (Å²) in [6, 6.07) is 4.60. The van der Waals surface area contributed by atoms with Gasteiger partial charge in [-0.3, -0.25) is 9.36 Å². The van der Waals surface area contributed by atoms with E-state index in [0.717, 1.165) is 6.42 Å². The van der Waals surface area contributed by atoms with E-state index >= 15 is 0 Å². The molecule has 0 saturated heterocycles. The van der Waals surface area contributed by atoms with Gasteiger partial charge < -0.3 is 20.4 Å². The number of rotatable bonds is 7. The van der Waals surface area contributed by atoms with Crippen molar-refractivity contribution in [3.63, 3.8) is 0 Å². The van der Waals surface area contributed by atoms with E-state index in [1.165, 1.54) is 0 Å². The van der Waals surface area contributed by atoms with Crippen molar-refractivity contribution in [1.29, 1.82) is 0 Å². The van der Waals surface area contributed by atoms with E-state index in [1.807, 2.05) is 25.9 Å². The van der Waals surface area contributed by atoms with Crippen molar-refractivity contribution in [2.75, 3.05) is 26.0 Å². The summed E-state index contributed by atoms with van der Waals surface area (Å²) in [6.07, 6.45) is 1.48. The van der Waals surface area contributed by atoms with E-state index < -0.39 is 11.8 Å².